The molecule has 1 aromatic carbocycles. The number of benzene rings is 1. The Morgan fingerprint density at radius 2 is 1.97 bits per heavy atom. The molecular formula is C24H24Cl2N4O3. The first kappa shape index (κ1) is 22.0. The van der Waals surface area contributed by atoms with Crippen molar-refractivity contribution in [1.82, 2.24) is 20.5 Å². The number of aromatic nitrogens is 1. The Kier molecular flexibility index (Phi) is 5.93. The average Bonchev–Trinajstić information content (AvgIpc) is 3.28. The number of hydrogen-bond acceptors (Lipinski definition) is 4. The molecule has 1 spiro atoms. The molecule has 2 aromatic heterocycles. The number of fused-ring (bicyclic) bond motifs is 1. The number of pyridine rings is 1. The van der Waals surface area contributed by atoms with Crippen molar-refractivity contribution in [2.75, 3.05) is 19.6 Å². The number of likely N-dealkylation sites (tertiary alicyclic amines) is 1. The largest absolute Gasteiger partial charge is 0.449 e. The number of nitrogens with zero attached hydrogens (tertiary/aromatic N) is 2. The molecule has 1 aliphatic carbocycles. The molecule has 1 aliphatic heterocycles. The van der Waals surface area contributed by atoms with Gasteiger partial charge in [0, 0.05) is 47.8 Å². The third-order valence-corrected chi connectivity index (χ3v) is 7.49. The van der Waals surface area contributed by atoms with E-state index in [4.69, 9.17) is 27.6 Å². The van der Waals surface area contributed by atoms with Crippen molar-refractivity contribution in [1.29, 1.82) is 0 Å². The van der Waals surface area contributed by atoms with Gasteiger partial charge in [-0.1, -0.05) is 29.3 Å². The van der Waals surface area contributed by atoms with Crippen LogP contribution >= 0.6 is 23.2 Å². The van der Waals surface area contributed by atoms with Crippen LogP contribution in [-0.2, 0) is 6.54 Å². The van der Waals surface area contributed by atoms with Crippen molar-refractivity contribution in [3.8, 4) is 0 Å². The quantitative estimate of drug-likeness (QED) is 0.537. The van der Waals surface area contributed by atoms with Crippen LogP contribution in [0.4, 0.5) is 4.79 Å². The number of halogens is 2. The lowest BCUT2D eigenvalue weighted by Crippen LogP contribution is -2.45. The average molecular weight is 487 g/mol. The van der Waals surface area contributed by atoms with Crippen molar-refractivity contribution < 1.29 is 14.0 Å². The third kappa shape index (κ3) is 4.66. The van der Waals surface area contributed by atoms with Crippen LogP contribution in [0.3, 0.4) is 0 Å². The van der Waals surface area contributed by atoms with E-state index < -0.39 is 0 Å². The van der Waals surface area contributed by atoms with E-state index in [-0.39, 0.29) is 17.4 Å². The highest BCUT2D eigenvalue weighted by atomic mass is 35.5. The fraction of sp³-hybridized carbons (Fsp3) is 0.375. The van der Waals surface area contributed by atoms with Gasteiger partial charge < -0.3 is 20.0 Å². The van der Waals surface area contributed by atoms with E-state index in [0.717, 1.165) is 30.2 Å². The summed E-state index contributed by atoms with van der Waals surface area (Å²) in [4.78, 5) is 30.9. The lowest BCUT2D eigenvalue weighted by molar-refractivity contribution is 0.0922. The Labute approximate surface area is 201 Å². The van der Waals surface area contributed by atoms with Crippen LogP contribution in [0.1, 0.15) is 35.4 Å². The molecule has 1 unspecified atom stereocenters. The van der Waals surface area contributed by atoms with Crippen LogP contribution in [-0.4, -0.2) is 41.5 Å². The van der Waals surface area contributed by atoms with Crippen LogP contribution in [0.15, 0.2) is 47.1 Å². The predicted octanol–water partition coefficient (Wildman–Crippen LogP) is 4.88. The van der Waals surface area contributed by atoms with Gasteiger partial charge in [0.25, 0.3) is 5.91 Å². The van der Waals surface area contributed by atoms with Crippen molar-refractivity contribution in [3.05, 3.63) is 64.1 Å². The minimum absolute atomic E-state index is 0.0826. The Bertz CT molecular complexity index is 1170. The van der Waals surface area contributed by atoms with Gasteiger partial charge in [-0.15, -0.1) is 0 Å². The summed E-state index contributed by atoms with van der Waals surface area (Å²) in [5.41, 5.74) is 1.66. The second-order valence-corrected chi connectivity index (χ2v) is 9.72. The number of furan rings is 1. The number of carbonyl (C=O) groups excluding carboxylic acids is 2. The molecule has 2 fully saturated rings. The first-order valence-corrected chi connectivity index (χ1v) is 11.8. The van der Waals surface area contributed by atoms with Gasteiger partial charge in [-0.05, 0) is 60.4 Å². The van der Waals surface area contributed by atoms with Crippen molar-refractivity contribution in [2.45, 2.75) is 25.8 Å². The van der Waals surface area contributed by atoms with Crippen LogP contribution in [0.2, 0.25) is 10.0 Å². The minimum atomic E-state index is -0.203. The first-order valence-electron chi connectivity index (χ1n) is 11.0. The summed E-state index contributed by atoms with van der Waals surface area (Å²) in [7, 11) is 0. The number of urea groups is 1. The number of rotatable bonds is 5. The molecule has 3 aromatic rings. The zero-order chi connectivity index (χ0) is 23.0. The van der Waals surface area contributed by atoms with E-state index in [2.05, 4.69) is 15.6 Å². The van der Waals surface area contributed by atoms with Crippen molar-refractivity contribution >= 4 is 46.1 Å². The number of amides is 3. The molecule has 33 heavy (non-hydrogen) atoms. The number of nitrogens with one attached hydrogen (secondary N) is 2. The molecule has 2 N–H and O–H groups in total. The molecule has 9 heteroatoms. The lowest BCUT2D eigenvalue weighted by atomic mass is 9.91. The Hall–Kier alpha value is -2.77. The molecule has 172 valence electrons. The van der Waals surface area contributed by atoms with Gasteiger partial charge in [0.2, 0.25) is 0 Å². The van der Waals surface area contributed by atoms with Gasteiger partial charge in [0.05, 0.1) is 6.20 Å². The van der Waals surface area contributed by atoms with E-state index in [1.165, 1.54) is 0 Å². The Balaban J connectivity index is 1.07. The molecule has 1 saturated carbocycles. The molecule has 2 aliphatic rings. The molecule has 1 atom stereocenters. The minimum Gasteiger partial charge on any atom is -0.449 e. The molecule has 5 rings (SSSR count). The van der Waals surface area contributed by atoms with Gasteiger partial charge in [0.1, 0.15) is 0 Å². The predicted molar refractivity (Wildman–Crippen MR) is 126 cm³/mol. The maximum atomic E-state index is 12.6. The smallest absolute Gasteiger partial charge is 0.317 e. The van der Waals surface area contributed by atoms with Crippen LogP contribution in [0, 0.1) is 11.3 Å². The molecular weight excluding hydrogens is 463 g/mol. The number of hydrogen-bond donors (Lipinski definition) is 2. The van der Waals surface area contributed by atoms with Gasteiger partial charge in [0.15, 0.2) is 11.3 Å². The molecule has 0 bridgehead atoms. The van der Waals surface area contributed by atoms with Gasteiger partial charge in [-0.25, -0.2) is 4.79 Å². The number of carbonyl (C=O) groups is 2. The normalized spacial score (nSPS) is 19.0. The molecule has 3 heterocycles. The highest BCUT2D eigenvalue weighted by Gasteiger charge is 2.54. The van der Waals surface area contributed by atoms with Crippen LogP contribution in [0.25, 0.3) is 11.0 Å². The molecule has 0 radical (unpaired) electrons. The molecule has 7 nitrogen and oxygen atoms in total. The zero-order valence-electron chi connectivity index (χ0n) is 17.9. The summed E-state index contributed by atoms with van der Waals surface area (Å²) in [6.45, 7) is 2.40. The summed E-state index contributed by atoms with van der Waals surface area (Å²) in [5, 5.41) is 7.93. The van der Waals surface area contributed by atoms with E-state index >= 15 is 0 Å². The maximum Gasteiger partial charge on any atom is 0.317 e. The highest BCUT2D eigenvalue weighted by Crippen LogP contribution is 2.59. The second kappa shape index (κ2) is 8.88. The molecule has 3 amide bonds. The second-order valence-electron chi connectivity index (χ2n) is 8.88. The number of piperidine rings is 1. The first-order chi connectivity index (χ1) is 15.9. The van der Waals surface area contributed by atoms with E-state index in [9.17, 15) is 9.59 Å². The van der Waals surface area contributed by atoms with Crippen LogP contribution in [0.5, 0.6) is 0 Å². The van der Waals surface area contributed by atoms with Gasteiger partial charge >= 0.3 is 6.03 Å². The SMILES string of the molecule is O=C(NCC1CC12CCN(C(=O)NCc1ccc(Cl)cc1Cl)CC2)c1cc2ccncc2o1. The third-order valence-electron chi connectivity index (χ3n) is 6.91. The van der Waals surface area contributed by atoms with E-state index in [1.807, 2.05) is 17.0 Å². The monoisotopic (exact) mass is 486 g/mol. The van der Waals surface area contributed by atoms with Crippen molar-refractivity contribution in [3.63, 3.8) is 0 Å². The Morgan fingerprint density at radius 3 is 2.73 bits per heavy atom. The summed E-state index contributed by atoms with van der Waals surface area (Å²) < 4.78 is 5.59. The standard InChI is InChI=1S/C24H24Cl2N4O3/c25-18-2-1-16(19(26)10-18)12-29-23(32)30-7-4-24(5-8-30)11-17(24)13-28-22(31)20-9-15-3-6-27-14-21(15)33-20/h1-3,6,9-10,14,17H,4-5,7-8,11-13H2,(H,28,31)(H,29,32). The topological polar surface area (TPSA) is 87.5 Å². The summed E-state index contributed by atoms with van der Waals surface area (Å²) in [6, 6.07) is 8.73. The summed E-state index contributed by atoms with van der Waals surface area (Å²) in [5.74, 6) is 0.538. The molecule has 1 saturated heterocycles. The summed E-state index contributed by atoms with van der Waals surface area (Å²) >= 11 is 12.1. The lowest BCUT2D eigenvalue weighted by Gasteiger charge is -2.33. The Morgan fingerprint density at radius 1 is 1.15 bits per heavy atom. The van der Waals surface area contributed by atoms with Crippen molar-refractivity contribution in [2.24, 2.45) is 11.3 Å². The summed E-state index contributed by atoms with van der Waals surface area (Å²) in [6.07, 6.45) is 6.24. The van der Waals surface area contributed by atoms with E-state index in [1.54, 1.807) is 30.6 Å². The van der Waals surface area contributed by atoms with Gasteiger partial charge in [-0.2, -0.15) is 0 Å². The zero-order valence-corrected chi connectivity index (χ0v) is 19.5. The van der Waals surface area contributed by atoms with Crippen LogP contribution < -0.4 is 10.6 Å². The van der Waals surface area contributed by atoms with E-state index in [0.29, 0.717) is 53.5 Å². The maximum absolute atomic E-state index is 12.6. The fourth-order valence-electron chi connectivity index (χ4n) is 4.73. The highest BCUT2D eigenvalue weighted by molar-refractivity contribution is 6.35. The fourth-order valence-corrected chi connectivity index (χ4v) is 5.21. The van der Waals surface area contributed by atoms with Gasteiger partial charge in [-0.3, -0.25) is 9.78 Å².